The largest absolute Gasteiger partial charge is 0.396 e. The summed E-state index contributed by atoms with van der Waals surface area (Å²) < 4.78 is 1.98. The van der Waals surface area contributed by atoms with E-state index < -0.39 is 0 Å². The quantitative estimate of drug-likeness (QED) is 0.823. The Morgan fingerprint density at radius 1 is 1.35 bits per heavy atom. The van der Waals surface area contributed by atoms with Crippen LogP contribution in [0.5, 0.6) is 0 Å². The third kappa shape index (κ3) is 3.85. The monoisotopic (exact) mass is 278 g/mol. The van der Waals surface area contributed by atoms with Crippen LogP contribution in [0.4, 0.5) is 0 Å². The Morgan fingerprint density at radius 3 is 2.65 bits per heavy atom. The first-order chi connectivity index (χ1) is 9.71. The second-order valence-electron chi connectivity index (χ2n) is 6.62. The van der Waals surface area contributed by atoms with Crippen molar-refractivity contribution in [3.8, 4) is 0 Å². The Hall–Kier alpha value is -0.830. The predicted octanol–water partition coefficient (Wildman–Crippen LogP) is 3.80. The van der Waals surface area contributed by atoms with Crippen LogP contribution < -0.4 is 0 Å². The van der Waals surface area contributed by atoms with Crippen molar-refractivity contribution < 1.29 is 5.11 Å². The number of rotatable bonds is 7. The van der Waals surface area contributed by atoms with Gasteiger partial charge in [-0.1, -0.05) is 26.2 Å². The molecule has 0 spiro atoms. The fraction of sp³-hybridized carbons (Fsp3) is 0.824. The topological polar surface area (TPSA) is 38.1 Å². The van der Waals surface area contributed by atoms with Gasteiger partial charge in [-0.25, -0.2) is 0 Å². The molecule has 1 N–H and O–H groups in total. The number of hydrogen-bond donors (Lipinski definition) is 1. The highest BCUT2D eigenvalue weighted by Gasteiger charge is 2.34. The van der Waals surface area contributed by atoms with Crippen molar-refractivity contribution in [3.05, 3.63) is 18.0 Å². The first-order valence-corrected chi connectivity index (χ1v) is 8.33. The van der Waals surface area contributed by atoms with Gasteiger partial charge in [0.15, 0.2) is 0 Å². The zero-order chi connectivity index (χ0) is 14.4. The van der Waals surface area contributed by atoms with Crippen LogP contribution in [0.2, 0.25) is 0 Å². The number of aromatic nitrogens is 2. The molecule has 114 valence electrons. The highest BCUT2D eigenvalue weighted by atomic mass is 16.3. The lowest BCUT2D eigenvalue weighted by Gasteiger charge is -2.39. The molecule has 1 aliphatic rings. The normalized spacial score (nSPS) is 26.9. The molecule has 1 saturated carbocycles. The molecule has 1 aliphatic carbocycles. The number of aliphatic hydroxyl groups excluding tert-OH is 1. The van der Waals surface area contributed by atoms with Crippen molar-refractivity contribution in [3.63, 3.8) is 0 Å². The third-order valence-electron chi connectivity index (χ3n) is 5.06. The predicted molar refractivity (Wildman–Crippen MR) is 82.6 cm³/mol. The molecule has 0 aliphatic heterocycles. The first kappa shape index (κ1) is 15.6. The third-order valence-corrected chi connectivity index (χ3v) is 5.06. The molecule has 0 saturated heterocycles. The van der Waals surface area contributed by atoms with Crippen molar-refractivity contribution in [2.75, 3.05) is 6.61 Å². The van der Waals surface area contributed by atoms with Crippen LogP contribution >= 0.6 is 0 Å². The molecule has 0 amide bonds. The average Bonchev–Trinajstić information content (AvgIpc) is 2.94. The SMILES string of the molecule is CCCCC1CCC(CO)(Cc2cnn(CC)c2)CC1. The maximum atomic E-state index is 9.90. The zero-order valence-electron chi connectivity index (χ0n) is 13.1. The smallest absolute Gasteiger partial charge is 0.0521 e. The van der Waals surface area contributed by atoms with E-state index >= 15 is 0 Å². The highest BCUT2D eigenvalue weighted by molar-refractivity contribution is 5.08. The van der Waals surface area contributed by atoms with Gasteiger partial charge in [0, 0.05) is 19.3 Å². The Kier molecular flexibility index (Phi) is 5.64. The Morgan fingerprint density at radius 2 is 2.10 bits per heavy atom. The minimum atomic E-state index is 0.115. The lowest BCUT2D eigenvalue weighted by Crippen LogP contribution is -2.33. The second kappa shape index (κ2) is 7.26. The second-order valence-corrected chi connectivity index (χ2v) is 6.62. The molecule has 2 rings (SSSR count). The molecular weight excluding hydrogens is 248 g/mol. The number of aryl methyl sites for hydroxylation is 1. The van der Waals surface area contributed by atoms with E-state index in [-0.39, 0.29) is 5.41 Å². The van der Waals surface area contributed by atoms with Gasteiger partial charge < -0.3 is 5.11 Å². The molecule has 0 bridgehead atoms. The van der Waals surface area contributed by atoms with E-state index in [0.717, 1.165) is 18.9 Å². The minimum Gasteiger partial charge on any atom is -0.396 e. The van der Waals surface area contributed by atoms with Crippen LogP contribution in [0.25, 0.3) is 0 Å². The number of hydrogen-bond acceptors (Lipinski definition) is 2. The molecule has 3 nitrogen and oxygen atoms in total. The van der Waals surface area contributed by atoms with Crippen LogP contribution in [-0.2, 0) is 13.0 Å². The maximum absolute atomic E-state index is 9.90. The Labute approximate surface area is 123 Å². The van der Waals surface area contributed by atoms with E-state index in [2.05, 4.69) is 25.1 Å². The molecule has 1 aromatic rings. The van der Waals surface area contributed by atoms with E-state index in [4.69, 9.17) is 0 Å². The van der Waals surface area contributed by atoms with Crippen LogP contribution in [0.15, 0.2) is 12.4 Å². The van der Waals surface area contributed by atoms with Crippen LogP contribution in [0.3, 0.4) is 0 Å². The fourth-order valence-electron chi connectivity index (χ4n) is 3.57. The fourth-order valence-corrected chi connectivity index (χ4v) is 3.57. The summed E-state index contributed by atoms with van der Waals surface area (Å²) in [6.07, 6.45) is 14.1. The molecule has 0 unspecified atom stereocenters. The van der Waals surface area contributed by atoms with Crippen molar-refractivity contribution in [2.24, 2.45) is 11.3 Å². The minimum absolute atomic E-state index is 0.115. The van der Waals surface area contributed by atoms with Gasteiger partial charge in [0.05, 0.1) is 6.20 Å². The van der Waals surface area contributed by atoms with Gasteiger partial charge in [-0.2, -0.15) is 5.10 Å². The van der Waals surface area contributed by atoms with Gasteiger partial charge >= 0.3 is 0 Å². The zero-order valence-corrected chi connectivity index (χ0v) is 13.1. The molecule has 3 heteroatoms. The maximum Gasteiger partial charge on any atom is 0.0521 e. The summed E-state index contributed by atoms with van der Waals surface area (Å²) in [6.45, 7) is 5.62. The summed E-state index contributed by atoms with van der Waals surface area (Å²) in [7, 11) is 0. The van der Waals surface area contributed by atoms with Crippen LogP contribution in [0.1, 0.15) is 64.4 Å². The molecule has 20 heavy (non-hydrogen) atoms. The van der Waals surface area contributed by atoms with Gasteiger partial charge in [-0.15, -0.1) is 0 Å². The van der Waals surface area contributed by atoms with Crippen molar-refractivity contribution in [2.45, 2.75) is 71.8 Å². The summed E-state index contributed by atoms with van der Waals surface area (Å²) in [4.78, 5) is 0. The van der Waals surface area contributed by atoms with Crippen molar-refractivity contribution >= 4 is 0 Å². The van der Waals surface area contributed by atoms with E-state index in [9.17, 15) is 5.11 Å². The summed E-state index contributed by atoms with van der Waals surface area (Å²) in [5, 5.41) is 14.3. The molecule has 1 fully saturated rings. The van der Waals surface area contributed by atoms with Crippen molar-refractivity contribution in [1.82, 2.24) is 9.78 Å². The van der Waals surface area contributed by atoms with E-state index in [1.54, 1.807) is 0 Å². The lowest BCUT2D eigenvalue weighted by atomic mass is 9.67. The Bertz CT molecular complexity index is 391. The molecule has 0 aromatic carbocycles. The van der Waals surface area contributed by atoms with Crippen LogP contribution in [-0.4, -0.2) is 21.5 Å². The number of aliphatic hydroxyl groups is 1. The molecular formula is C17H30N2O. The standard InChI is InChI=1S/C17H30N2O/c1-3-5-6-15-7-9-17(14-20,10-8-15)11-16-12-18-19(4-2)13-16/h12-13,15,20H,3-11,14H2,1-2H3. The molecule has 1 heterocycles. The summed E-state index contributed by atoms with van der Waals surface area (Å²) in [5.41, 5.74) is 1.40. The van der Waals surface area contributed by atoms with Crippen molar-refractivity contribution in [1.29, 1.82) is 0 Å². The Balaban J connectivity index is 1.91. The lowest BCUT2D eigenvalue weighted by molar-refractivity contribution is 0.0620. The highest BCUT2D eigenvalue weighted by Crippen LogP contribution is 2.42. The summed E-state index contributed by atoms with van der Waals surface area (Å²) >= 11 is 0. The number of nitrogens with zero attached hydrogens (tertiary/aromatic N) is 2. The summed E-state index contributed by atoms with van der Waals surface area (Å²) in [6, 6.07) is 0. The van der Waals surface area contributed by atoms with Crippen LogP contribution in [0, 0.1) is 11.3 Å². The first-order valence-electron chi connectivity index (χ1n) is 8.33. The summed E-state index contributed by atoms with van der Waals surface area (Å²) in [5.74, 6) is 0.896. The van der Waals surface area contributed by atoms with E-state index in [1.165, 1.54) is 50.5 Å². The van der Waals surface area contributed by atoms with Gasteiger partial charge in [0.25, 0.3) is 0 Å². The number of unbranched alkanes of at least 4 members (excludes halogenated alkanes) is 1. The van der Waals surface area contributed by atoms with E-state index in [0.29, 0.717) is 6.61 Å². The van der Waals surface area contributed by atoms with Gasteiger partial charge in [0.2, 0.25) is 0 Å². The average molecular weight is 278 g/mol. The molecule has 0 atom stereocenters. The molecule has 0 radical (unpaired) electrons. The van der Waals surface area contributed by atoms with E-state index in [1.807, 2.05) is 10.9 Å². The van der Waals surface area contributed by atoms with Gasteiger partial charge in [-0.3, -0.25) is 4.68 Å². The van der Waals surface area contributed by atoms with Gasteiger partial charge in [0.1, 0.15) is 0 Å². The molecule has 1 aromatic heterocycles. The van der Waals surface area contributed by atoms with Gasteiger partial charge in [-0.05, 0) is 55.9 Å².